The van der Waals surface area contributed by atoms with Gasteiger partial charge in [0.1, 0.15) is 5.75 Å². The van der Waals surface area contributed by atoms with Crippen LogP contribution in [0.3, 0.4) is 0 Å². The zero-order valence-corrected chi connectivity index (χ0v) is 13.4. The van der Waals surface area contributed by atoms with Crippen molar-refractivity contribution in [2.45, 2.75) is 32.2 Å². The highest BCUT2D eigenvalue weighted by Crippen LogP contribution is 2.29. The molecule has 0 fully saturated rings. The van der Waals surface area contributed by atoms with Gasteiger partial charge in [-0.3, -0.25) is 0 Å². The van der Waals surface area contributed by atoms with Gasteiger partial charge >= 0.3 is 0 Å². The molecule has 2 N–H and O–H groups in total. The van der Waals surface area contributed by atoms with Gasteiger partial charge in [0.25, 0.3) is 0 Å². The first kappa shape index (κ1) is 15.0. The first-order valence-corrected chi connectivity index (χ1v) is 7.14. The molecule has 0 unspecified atom stereocenters. The lowest BCUT2D eigenvalue weighted by Crippen LogP contribution is -2.32. The van der Waals surface area contributed by atoms with Crippen molar-refractivity contribution in [1.82, 2.24) is 10.1 Å². The number of nitrogens with two attached hydrogens (primary N) is 1. The Morgan fingerprint density at radius 3 is 2.75 bits per heavy atom. The van der Waals surface area contributed by atoms with E-state index in [0.717, 1.165) is 22.2 Å². The van der Waals surface area contributed by atoms with Crippen LogP contribution >= 0.6 is 15.9 Å². The molecular weight excluding hydrogens is 322 g/mol. The van der Waals surface area contributed by atoms with Crippen LogP contribution in [-0.2, 0) is 6.42 Å². The highest BCUT2D eigenvalue weighted by atomic mass is 79.9. The van der Waals surface area contributed by atoms with E-state index in [-0.39, 0.29) is 5.54 Å². The third kappa shape index (κ3) is 3.80. The lowest BCUT2D eigenvalue weighted by Gasteiger charge is -2.16. The minimum absolute atomic E-state index is 0.238. The molecule has 5 nitrogen and oxygen atoms in total. The van der Waals surface area contributed by atoms with Crippen molar-refractivity contribution in [3.05, 3.63) is 28.6 Å². The predicted octanol–water partition coefficient (Wildman–Crippen LogP) is 3.18. The van der Waals surface area contributed by atoms with Crippen LogP contribution in [0.1, 0.15) is 26.2 Å². The van der Waals surface area contributed by atoms with Crippen LogP contribution in [-0.4, -0.2) is 22.8 Å². The molecule has 108 valence electrons. The van der Waals surface area contributed by atoms with Gasteiger partial charge in [0.2, 0.25) is 11.7 Å². The Kier molecular flexibility index (Phi) is 4.45. The molecule has 2 rings (SSSR count). The second-order valence-electron chi connectivity index (χ2n) is 5.35. The van der Waals surface area contributed by atoms with Crippen LogP contribution in [0.4, 0.5) is 0 Å². The molecule has 0 aliphatic carbocycles. The molecule has 2 aromatic rings. The molecule has 0 atom stereocenters. The number of aryl methyl sites for hydroxylation is 1. The number of nitrogens with zero attached hydrogens (tertiary/aromatic N) is 2. The largest absolute Gasteiger partial charge is 0.496 e. The van der Waals surface area contributed by atoms with Crippen LogP contribution < -0.4 is 10.5 Å². The van der Waals surface area contributed by atoms with Gasteiger partial charge in [0.05, 0.1) is 11.6 Å². The first-order valence-electron chi connectivity index (χ1n) is 6.34. The Labute approximate surface area is 126 Å². The molecule has 1 aromatic heterocycles. The molecule has 0 bridgehead atoms. The van der Waals surface area contributed by atoms with Crippen molar-refractivity contribution < 1.29 is 9.26 Å². The zero-order valence-electron chi connectivity index (χ0n) is 11.8. The fraction of sp³-hybridized carbons (Fsp3) is 0.429. The van der Waals surface area contributed by atoms with Gasteiger partial charge in [-0.05, 0) is 54.4 Å². The fourth-order valence-corrected chi connectivity index (χ4v) is 2.25. The maximum Gasteiger partial charge on any atom is 0.227 e. The summed E-state index contributed by atoms with van der Waals surface area (Å²) in [6.07, 6.45) is 1.47. The Hall–Kier alpha value is -1.40. The van der Waals surface area contributed by atoms with Crippen molar-refractivity contribution in [1.29, 1.82) is 0 Å². The number of methoxy groups -OCH3 is 1. The SMILES string of the molecule is COc1ccc(-c2noc(CCC(C)(C)N)n2)cc1Br. The number of halogens is 1. The summed E-state index contributed by atoms with van der Waals surface area (Å²) < 4.78 is 11.3. The highest BCUT2D eigenvalue weighted by molar-refractivity contribution is 9.10. The van der Waals surface area contributed by atoms with E-state index in [4.69, 9.17) is 15.0 Å². The van der Waals surface area contributed by atoms with Crippen molar-refractivity contribution >= 4 is 15.9 Å². The van der Waals surface area contributed by atoms with Gasteiger partial charge in [0.15, 0.2) is 0 Å². The number of aromatic nitrogens is 2. The Morgan fingerprint density at radius 2 is 2.15 bits per heavy atom. The molecule has 0 spiro atoms. The van der Waals surface area contributed by atoms with E-state index in [1.807, 2.05) is 32.0 Å². The van der Waals surface area contributed by atoms with Crippen molar-refractivity contribution in [3.63, 3.8) is 0 Å². The molecule has 0 saturated carbocycles. The van der Waals surface area contributed by atoms with E-state index in [0.29, 0.717) is 18.1 Å². The average molecular weight is 340 g/mol. The summed E-state index contributed by atoms with van der Waals surface area (Å²) in [7, 11) is 1.63. The molecule has 6 heteroatoms. The smallest absolute Gasteiger partial charge is 0.227 e. The number of benzene rings is 1. The Morgan fingerprint density at radius 1 is 1.40 bits per heavy atom. The van der Waals surface area contributed by atoms with Crippen molar-refractivity contribution in [2.24, 2.45) is 5.73 Å². The number of rotatable bonds is 5. The predicted molar refractivity (Wildman–Crippen MR) is 80.6 cm³/mol. The minimum Gasteiger partial charge on any atom is -0.496 e. The van der Waals surface area contributed by atoms with Gasteiger partial charge < -0.3 is 15.0 Å². The maximum atomic E-state index is 5.94. The summed E-state index contributed by atoms with van der Waals surface area (Å²) in [5.41, 5.74) is 6.58. The van der Waals surface area contributed by atoms with E-state index >= 15 is 0 Å². The number of hydrogen-bond acceptors (Lipinski definition) is 5. The molecule has 0 aliphatic rings. The quantitative estimate of drug-likeness (QED) is 0.905. The molecule has 1 aromatic carbocycles. The maximum absolute atomic E-state index is 5.94. The average Bonchev–Trinajstić information content (AvgIpc) is 2.84. The van der Waals surface area contributed by atoms with Gasteiger partial charge in [-0.2, -0.15) is 4.98 Å². The van der Waals surface area contributed by atoms with Crippen LogP contribution in [0.25, 0.3) is 11.4 Å². The second kappa shape index (κ2) is 5.93. The summed E-state index contributed by atoms with van der Waals surface area (Å²) in [4.78, 5) is 4.39. The number of hydrogen-bond donors (Lipinski definition) is 1. The summed E-state index contributed by atoms with van der Waals surface area (Å²) >= 11 is 3.44. The third-order valence-corrected chi connectivity index (χ3v) is 3.48. The van der Waals surface area contributed by atoms with Gasteiger partial charge in [-0.1, -0.05) is 5.16 Å². The second-order valence-corrected chi connectivity index (χ2v) is 6.20. The first-order chi connectivity index (χ1) is 9.39. The van der Waals surface area contributed by atoms with Crippen LogP contribution in [0, 0.1) is 0 Å². The summed E-state index contributed by atoms with van der Waals surface area (Å²) in [5.74, 6) is 1.94. The molecule has 0 radical (unpaired) electrons. The van der Waals surface area contributed by atoms with Gasteiger partial charge in [-0.25, -0.2) is 0 Å². The summed E-state index contributed by atoms with van der Waals surface area (Å²) in [6.45, 7) is 3.95. The van der Waals surface area contributed by atoms with Gasteiger partial charge in [-0.15, -0.1) is 0 Å². The van der Waals surface area contributed by atoms with Crippen LogP contribution in [0.15, 0.2) is 27.2 Å². The van der Waals surface area contributed by atoms with Crippen molar-refractivity contribution in [2.75, 3.05) is 7.11 Å². The monoisotopic (exact) mass is 339 g/mol. The van der Waals surface area contributed by atoms with E-state index in [1.54, 1.807) is 7.11 Å². The van der Waals surface area contributed by atoms with E-state index in [1.165, 1.54) is 0 Å². The lowest BCUT2D eigenvalue weighted by atomic mass is 10.0. The minimum atomic E-state index is -0.238. The van der Waals surface area contributed by atoms with E-state index < -0.39 is 0 Å². The summed E-state index contributed by atoms with van der Waals surface area (Å²) in [5, 5.41) is 4.00. The topological polar surface area (TPSA) is 74.2 Å². The number of ether oxygens (including phenoxy) is 1. The fourth-order valence-electron chi connectivity index (χ4n) is 1.71. The molecule has 1 heterocycles. The molecule has 0 aliphatic heterocycles. The zero-order chi connectivity index (χ0) is 14.8. The van der Waals surface area contributed by atoms with E-state index in [9.17, 15) is 0 Å². The normalized spacial score (nSPS) is 11.7. The van der Waals surface area contributed by atoms with E-state index in [2.05, 4.69) is 26.1 Å². The highest BCUT2D eigenvalue weighted by Gasteiger charge is 2.15. The summed E-state index contributed by atoms with van der Waals surface area (Å²) in [6, 6.07) is 5.66. The molecular formula is C14H18BrN3O2. The lowest BCUT2D eigenvalue weighted by molar-refractivity contribution is 0.358. The van der Waals surface area contributed by atoms with Crippen molar-refractivity contribution in [3.8, 4) is 17.1 Å². The van der Waals surface area contributed by atoms with Crippen LogP contribution in [0.2, 0.25) is 0 Å². The standard InChI is InChI=1S/C14H18BrN3O2/c1-14(2,16)7-6-12-17-13(18-20-12)9-4-5-11(19-3)10(15)8-9/h4-5,8H,6-7,16H2,1-3H3. The Balaban J connectivity index is 2.14. The Bertz CT molecular complexity index is 590. The molecule has 0 amide bonds. The van der Waals surface area contributed by atoms with Gasteiger partial charge in [0, 0.05) is 17.5 Å². The van der Waals surface area contributed by atoms with Crippen LogP contribution in [0.5, 0.6) is 5.75 Å². The third-order valence-electron chi connectivity index (χ3n) is 2.86. The molecule has 20 heavy (non-hydrogen) atoms. The molecule has 0 saturated heterocycles.